The van der Waals surface area contributed by atoms with Gasteiger partial charge >= 0.3 is 0 Å². The molecule has 0 heterocycles. The summed E-state index contributed by atoms with van der Waals surface area (Å²) in [5.41, 5.74) is 6.75. The molecule has 1 aliphatic rings. The first kappa shape index (κ1) is 14.4. The highest BCUT2D eigenvalue weighted by Gasteiger charge is 2.22. The van der Waals surface area contributed by atoms with Crippen molar-refractivity contribution in [3.05, 3.63) is 26.6 Å². The lowest BCUT2D eigenvalue weighted by Gasteiger charge is -2.28. The third kappa shape index (κ3) is 3.49. The van der Waals surface area contributed by atoms with E-state index in [0.717, 1.165) is 39.0 Å². The molecule has 0 spiro atoms. The van der Waals surface area contributed by atoms with Gasteiger partial charge in [0.15, 0.2) is 0 Å². The average Bonchev–Trinajstić information content (AvgIpc) is 2.33. The zero-order valence-electron chi connectivity index (χ0n) is 10.6. The first-order chi connectivity index (χ1) is 8.60. The normalized spacial score (nSPS) is 24.0. The van der Waals surface area contributed by atoms with Crippen LogP contribution in [0.15, 0.2) is 21.1 Å². The highest BCUT2D eigenvalue weighted by molar-refractivity contribution is 9.11. The number of hydrogen-bond acceptors (Lipinski definition) is 2. The molecule has 2 atom stereocenters. The fourth-order valence-electron chi connectivity index (χ4n) is 2.49. The zero-order chi connectivity index (χ0) is 13.1. The van der Waals surface area contributed by atoms with E-state index in [4.69, 9.17) is 10.5 Å². The Morgan fingerprint density at radius 3 is 2.50 bits per heavy atom. The van der Waals surface area contributed by atoms with E-state index in [0.29, 0.717) is 12.6 Å². The lowest BCUT2D eigenvalue weighted by atomic mass is 9.89. The summed E-state index contributed by atoms with van der Waals surface area (Å²) in [6.45, 7) is 2.84. The second kappa shape index (κ2) is 6.40. The highest BCUT2D eigenvalue weighted by Crippen LogP contribution is 2.37. The summed E-state index contributed by atoms with van der Waals surface area (Å²) in [6, 6.07) is 4.07. The van der Waals surface area contributed by atoms with Crippen LogP contribution in [0, 0.1) is 5.92 Å². The molecule has 2 nitrogen and oxygen atoms in total. The summed E-state index contributed by atoms with van der Waals surface area (Å²) in [7, 11) is 0. The van der Waals surface area contributed by atoms with Gasteiger partial charge in [-0.15, -0.1) is 0 Å². The first-order valence-electron chi connectivity index (χ1n) is 6.44. The van der Waals surface area contributed by atoms with Crippen molar-refractivity contribution in [3.63, 3.8) is 0 Å². The van der Waals surface area contributed by atoms with Crippen molar-refractivity contribution in [2.75, 3.05) is 0 Å². The van der Waals surface area contributed by atoms with Crippen LogP contribution < -0.4 is 10.5 Å². The van der Waals surface area contributed by atoms with Crippen LogP contribution in [-0.4, -0.2) is 6.10 Å². The number of ether oxygens (including phenoxy) is 1. The minimum absolute atomic E-state index is 0.338. The van der Waals surface area contributed by atoms with E-state index in [2.05, 4.69) is 38.8 Å². The van der Waals surface area contributed by atoms with Crippen LogP contribution in [0.25, 0.3) is 0 Å². The van der Waals surface area contributed by atoms with Gasteiger partial charge in [0, 0.05) is 6.54 Å². The molecular formula is C14H19Br2NO. The number of hydrogen-bond donors (Lipinski definition) is 1. The Kier molecular flexibility index (Phi) is 5.10. The second-order valence-corrected chi connectivity index (χ2v) is 6.81. The maximum absolute atomic E-state index is 6.15. The minimum atomic E-state index is 0.338. The van der Waals surface area contributed by atoms with E-state index in [1.807, 2.05) is 12.1 Å². The minimum Gasteiger partial charge on any atom is -0.488 e. The molecule has 18 heavy (non-hydrogen) atoms. The molecule has 2 N–H and O–H groups in total. The van der Waals surface area contributed by atoms with E-state index in [1.54, 1.807) is 0 Å². The molecule has 0 radical (unpaired) electrons. The molecule has 0 bridgehead atoms. The van der Waals surface area contributed by atoms with Crippen molar-refractivity contribution in [3.8, 4) is 5.75 Å². The van der Waals surface area contributed by atoms with Gasteiger partial charge in [0.05, 0.1) is 15.0 Å². The monoisotopic (exact) mass is 375 g/mol. The van der Waals surface area contributed by atoms with Gasteiger partial charge in [-0.05, 0) is 74.7 Å². The van der Waals surface area contributed by atoms with Crippen LogP contribution in [0.4, 0.5) is 0 Å². The summed E-state index contributed by atoms with van der Waals surface area (Å²) >= 11 is 7.14. The van der Waals surface area contributed by atoms with Crippen molar-refractivity contribution < 1.29 is 4.74 Å². The third-order valence-corrected chi connectivity index (χ3v) is 4.64. The molecule has 1 saturated carbocycles. The van der Waals surface area contributed by atoms with Gasteiger partial charge < -0.3 is 10.5 Å². The second-order valence-electron chi connectivity index (χ2n) is 5.10. The molecule has 1 aromatic carbocycles. The Labute approximate surface area is 126 Å². The van der Waals surface area contributed by atoms with Crippen LogP contribution in [0.3, 0.4) is 0 Å². The fourth-order valence-corrected chi connectivity index (χ4v) is 3.96. The SMILES string of the molecule is CC1CCCC(Oc2c(Br)cc(CN)cc2Br)C1. The molecule has 0 aromatic heterocycles. The smallest absolute Gasteiger partial charge is 0.148 e. The van der Waals surface area contributed by atoms with Crippen LogP contribution in [0.2, 0.25) is 0 Å². The molecule has 1 fully saturated rings. The largest absolute Gasteiger partial charge is 0.488 e. The van der Waals surface area contributed by atoms with Crippen LogP contribution in [0.1, 0.15) is 38.2 Å². The fraction of sp³-hybridized carbons (Fsp3) is 0.571. The Morgan fingerprint density at radius 1 is 1.28 bits per heavy atom. The number of benzene rings is 1. The Hall–Kier alpha value is -0.0600. The topological polar surface area (TPSA) is 35.2 Å². The standard InChI is InChI=1S/C14H19Br2NO/c1-9-3-2-4-11(5-9)18-14-12(15)6-10(8-17)7-13(14)16/h6-7,9,11H,2-5,8,17H2,1H3. The summed E-state index contributed by atoms with van der Waals surface area (Å²) < 4.78 is 8.12. The molecule has 0 saturated heterocycles. The van der Waals surface area contributed by atoms with E-state index < -0.39 is 0 Å². The summed E-state index contributed by atoms with van der Waals surface area (Å²) in [6.07, 6.45) is 5.24. The maximum Gasteiger partial charge on any atom is 0.148 e. The number of rotatable bonds is 3. The molecule has 0 amide bonds. The maximum atomic E-state index is 6.15. The summed E-state index contributed by atoms with van der Waals surface area (Å²) in [5.74, 6) is 1.68. The van der Waals surface area contributed by atoms with Crippen molar-refractivity contribution in [2.24, 2.45) is 11.7 Å². The van der Waals surface area contributed by atoms with Gasteiger partial charge in [0.25, 0.3) is 0 Å². The molecule has 0 aliphatic heterocycles. The van der Waals surface area contributed by atoms with Crippen molar-refractivity contribution in [1.29, 1.82) is 0 Å². The Morgan fingerprint density at radius 2 is 1.94 bits per heavy atom. The van der Waals surface area contributed by atoms with E-state index in [-0.39, 0.29) is 0 Å². The third-order valence-electron chi connectivity index (χ3n) is 3.47. The molecule has 1 aromatic rings. The van der Waals surface area contributed by atoms with Crippen molar-refractivity contribution >= 4 is 31.9 Å². The quantitative estimate of drug-likeness (QED) is 0.834. The predicted molar refractivity (Wildman–Crippen MR) is 81.8 cm³/mol. The van der Waals surface area contributed by atoms with Crippen LogP contribution >= 0.6 is 31.9 Å². The number of nitrogens with two attached hydrogens (primary N) is 1. The Balaban J connectivity index is 2.13. The molecular weight excluding hydrogens is 358 g/mol. The molecule has 2 unspecified atom stereocenters. The van der Waals surface area contributed by atoms with Gasteiger partial charge in [0.1, 0.15) is 5.75 Å². The van der Waals surface area contributed by atoms with E-state index in [9.17, 15) is 0 Å². The van der Waals surface area contributed by atoms with Gasteiger partial charge in [-0.1, -0.05) is 13.3 Å². The van der Waals surface area contributed by atoms with Gasteiger partial charge in [-0.3, -0.25) is 0 Å². The van der Waals surface area contributed by atoms with Gasteiger partial charge in [-0.2, -0.15) is 0 Å². The summed E-state index contributed by atoms with van der Waals surface area (Å²) in [4.78, 5) is 0. The average molecular weight is 377 g/mol. The molecule has 2 rings (SSSR count). The van der Waals surface area contributed by atoms with E-state index in [1.165, 1.54) is 12.8 Å². The zero-order valence-corrected chi connectivity index (χ0v) is 13.8. The lowest BCUT2D eigenvalue weighted by molar-refractivity contribution is 0.127. The van der Waals surface area contributed by atoms with Crippen LogP contribution in [-0.2, 0) is 6.54 Å². The van der Waals surface area contributed by atoms with Crippen molar-refractivity contribution in [2.45, 2.75) is 45.3 Å². The van der Waals surface area contributed by atoms with Gasteiger partial charge in [-0.25, -0.2) is 0 Å². The summed E-state index contributed by atoms with van der Waals surface area (Å²) in [5, 5.41) is 0. The van der Waals surface area contributed by atoms with Gasteiger partial charge in [0.2, 0.25) is 0 Å². The van der Waals surface area contributed by atoms with Crippen LogP contribution in [0.5, 0.6) is 5.75 Å². The van der Waals surface area contributed by atoms with Crippen molar-refractivity contribution in [1.82, 2.24) is 0 Å². The lowest BCUT2D eigenvalue weighted by Crippen LogP contribution is -2.24. The molecule has 1 aliphatic carbocycles. The molecule has 4 heteroatoms. The predicted octanol–water partition coefficient (Wildman–Crippen LogP) is 4.63. The highest BCUT2D eigenvalue weighted by atomic mass is 79.9. The first-order valence-corrected chi connectivity index (χ1v) is 8.03. The Bertz CT molecular complexity index is 399. The molecule has 100 valence electrons. The number of halogens is 2. The van der Waals surface area contributed by atoms with E-state index >= 15 is 0 Å².